The van der Waals surface area contributed by atoms with Crippen LogP contribution in [0.3, 0.4) is 0 Å². The highest BCUT2D eigenvalue weighted by Crippen LogP contribution is 2.68. The lowest BCUT2D eigenvalue weighted by Crippen LogP contribution is -2.60. The van der Waals surface area contributed by atoms with Crippen molar-refractivity contribution in [3.05, 3.63) is 0 Å². The second-order valence-corrected chi connectivity index (χ2v) is 6.55. The molecule has 0 aliphatic heterocycles. The van der Waals surface area contributed by atoms with Crippen LogP contribution in [-0.4, -0.2) is 23.6 Å². The second kappa shape index (κ2) is 2.98. The lowest BCUT2D eigenvalue weighted by atomic mass is 9.40. The number of carboxylic acid groups (broad SMARTS) is 1. The van der Waals surface area contributed by atoms with Crippen LogP contribution >= 0.6 is 0 Å². The summed E-state index contributed by atoms with van der Waals surface area (Å²) < 4.78 is 0. The average molecular weight is 236 g/mol. The van der Waals surface area contributed by atoms with E-state index in [1.807, 2.05) is 0 Å². The second-order valence-electron chi connectivity index (χ2n) is 6.55. The van der Waals surface area contributed by atoms with E-state index in [4.69, 9.17) is 0 Å². The molecular weight excluding hydrogens is 220 g/mol. The molecule has 4 rings (SSSR count). The SMILES string of the molecule is O=CC12CC3CC(C=O)(C1)CC(C(=O)O)(C3)C2. The maximum atomic E-state index is 11.5. The van der Waals surface area contributed by atoms with Crippen molar-refractivity contribution in [2.24, 2.45) is 22.2 Å². The highest BCUT2D eigenvalue weighted by Gasteiger charge is 2.66. The Labute approximate surface area is 99.4 Å². The highest BCUT2D eigenvalue weighted by atomic mass is 16.4. The van der Waals surface area contributed by atoms with Gasteiger partial charge in [-0.15, -0.1) is 0 Å². The zero-order valence-corrected chi connectivity index (χ0v) is 9.65. The van der Waals surface area contributed by atoms with E-state index >= 15 is 0 Å². The molecular formula is C13H16O4. The first-order valence-electron chi connectivity index (χ1n) is 6.13. The predicted octanol–water partition coefficient (Wildman–Crippen LogP) is 1.43. The molecule has 0 radical (unpaired) electrons. The van der Waals surface area contributed by atoms with Crippen LogP contribution in [0.25, 0.3) is 0 Å². The molecule has 0 aromatic carbocycles. The van der Waals surface area contributed by atoms with E-state index < -0.39 is 22.2 Å². The van der Waals surface area contributed by atoms with Gasteiger partial charge in [0.2, 0.25) is 0 Å². The van der Waals surface area contributed by atoms with Gasteiger partial charge in [0.05, 0.1) is 5.41 Å². The van der Waals surface area contributed by atoms with Gasteiger partial charge in [0, 0.05) is 10.8 Å². The third-order valence-corrected chi connectivity index (χ3v) is 5.11. The monoisotopic (exact) mass is 236 g/mol. The van der Waals surface area contributed by atoms with Gasteiger partial charge in [-0.2, -0.15) is 0 Å². The molecule has 2 unspecified atom stereocenters. The van der Waals surface area contributed by atoms with Crippen molar-refractivity contribution in [3.63, 3.8) is 0 Å². The van der Waals surface area contributed by atoms with Crippen molar-refractivity contribution >= 4 is 18.5 Å². The molecule has 1 N–H and O–H groups in total. The Kier molecular flexibility index (Phi) is 1.91. The molecule has 0 aromatic rings. The zero-order valence-electron chi connectivity index (χ0n) is 9.65. The summed E-state index contributed by atoms with van der Waals surface area (Å²) in [5, 5.41) is 9.47. The molecule has 4 heteroatoms. The first kappa shape index (κ1) is 10.9. The van der Waals surface area contributed by atoms with Crippen LogP contribution in [0.5, 0.6) is 0 Å². The molecule has 0 aromatic heterocycles. The molecule has 17 heavy (non-hydrogen) atoms. The third-order valence-electron chi connectivity index (χ3n) is 5.11. The van der Waals surface area contributed by atoms with Crippen LogP contribution in [-0.2, 0) is 14.4 Å². The summed E-state index contributed by atoms with van der Waals surface area (Å²) >= 11 is 0. The molecule has 4 fully saturated rings. The number of hydrogen-bond donors (Lipinski definition) is 1. The molecule has 4 aliphatic carbocycles. The van der Waals surface area contributed by atoms with Crippen molar-refractivity contribution < 1.29 is 19.5 Å². The summed E-state index contributed by atoms with van der Waals surface area (Å²) in [6.45, 7) is 0. The maximum Gasteiger partial charge on any atom is 0.309 e. The van der Waals surface area contributed by atoms with Gasteiger partial charge in [0.25, 0.3) is 0 Å². The molecule has 0 amide bonds. The van der Waals surface area contributed by atoms with Gasteiger partial charge in [-0.05, 0) is 44.4 Å². The number of aliphatic carboxylic acids is 1. The lowest BCUT2D eigenvalue weighted by molar-refractivity contribution is -0.187. The van der Waals surface area contributed by atoms with Crippen molar-refractivity contribution in [2.75, 3.05) is 0 Å². The molecule has 4 nitrogen and oxygen atoms in total. The van der Waals surface area contributed by atoms with Crippen molar-refractivity contribution in [3.8, 4) is 0 Å². The van der Waals surface area contributed by atoms with Gasteiger partial charge in [-0.1, -0.05) is 0 Å². The van der Waals surface area contributed by atoms with Crippen molar-refractivity contribution in [1.82, 2.24) is 0 Å². The number of carbonyl (C=O) groups is 3. The van der Waals surface area contributed by atoms with Gasteiger partial charge >= 0.3 is 5.97 Å². The highest BCUT2D eigenvalue weighted by molar-refractivity contribution is 5.80. The third kappa shape index (κ3) is 1.27. The molecule has 4 saturated carbocycles. The first-order valence-corrected chi connectivity index (χ1v) is 6.13. The van der Waals surface area contributed by atoms with Gasteiger partial charge in [-0.3, -0.25) is 4.79 Å². The fourth-order valence-electron chi connectivity index (χ4n) is 5.09. The Morgan fingerprint density at radius 1 is 1.00 bits per heavy atom. The molecule has 4 aliphatic rings. The van der Waals surface area contributed by atoms with E-state index in [-0.39, 0.29) is 5.92 Å². The number of aldehydes is 2. The largest absolute Gasteiger partial charge is 0.481 e. The summed E-state index contributed by atoms with van der Waals surface area (Å²) in [5.41, 5.74) is -1.90. The zero-order chi connectivity index (χ0) is 12.3. The Morgan fingerprint density at radius 2 is 1.53 bits per heavy atom. The number of carboxylic acids is 1. The van der Waals surface area contributed by atoms with Crippen LogP contribution in [0.1, 0.15) is 38.5 Å². The fraction of sp³-hybridized carbons (Fsp3) is 0.769. The number of hydrogen-bond acceptors (Lipinski definition) is 3. The van der Waals surface area contributed by atoms with Gasteiger partial charge in [0.1, 0.15) is 12.6 Å². The number of carbonyl (C=O) groups excluding carboxylic acids is 2. The van der Waals surface area contributed by atoms with Crippen LogP contribution < -0.4 is 0 Å². The molecule has 0 spiro atoms. The summed E-state index contributed by atoms with van der Waals surface area (Å²) in [5.74, 6) is -0.586. The maximum absolute atomic E-state index is 11.5. The molecule has 4 bridgehead atoms. The van der Waals surface area contributed by atoms with Crippen molar-refractivity contribution in [2.45, 2.75) is 38.5 Å². The van der Waals surface area contributed by atoms with Crippen molar-refractivity contribution in [1.29, 1.82) is 0 Å². The molecule has 0 heterocycles. The van der Waals surface area contributed by atoms with E-state index in [9.17, 15) is 19.5 Å². The predicted molar refractivity (Wildman–Crippen MR) is 58.3 cm³/mol. The van der Waals surface area contributed by atoms with E-state index in [2.05, 4.69) is 0 Å². The minimum Gasteiger partial charge on any atom is -0.481 e. The summed E-state index contributed by atoms with van der Waals surface area (Å²) in [6, 6.07) is 0. The van der Waals surface area contributed by atoms with E-state index in [0.717, 1.165) is 25.4 Å². The molecule has 92 valence electrons. The Balaban J connectivity index is 2.10. The van der Waals surface area contributed by atoms with Crippen LogP contribution in [0.15, 0.2) is 0 Å². The van der Waals surface area contributed by atoms with E-state index in [1.165, 1.54) is 0 Å². The average Bonchev–Trinajstić information content (AvgIpc) is 2.27. The Morgan fingerprint density at radius 3 is 1.94 bits per heavy atom. The van der Waals surface area contributed by atoms with Gasteiger partial charge in [0.15, 0.2) is 0 Å². The van der Waals surface area contributed by atoms with E-state index in [1.54, 1.807) is 0 Å². The topological polar surface area (TPSA) is 71.4 Å². The van der Waals surface area contributed by atoms with Crippen LogP contribution in [0.2, 0.25) is 0 Å². The van der Waals surface area contributed by atoms with Crippen LogP contribution in [0.4, 0.5) is 0 Å². The summed E-state index contributed by atoms with van der Waals surface area (Å²) in [4.78, 5) is 34.3. The summed E-state index contributed by atoms with van der Waals surface area (Å²) in [6.07, 6.45) is 5.49. The van der Waals surface area contributed by atoms with Gasteiger partial charge < -0.3 is 14.7 Å². The van der Waals surface area contributed by atoms with E-state index in [0.29, 0.717) is 25.7 Å². The standard InChI is InChI=1S/C13H16O4/c14-7-11-1-9-2-12(4-11,8-15)6-13(3-9,5-11)10(16)17/h7-9H,1-6H2,(H,16,17). The fourth-order valence-corrected chi connectivity index (χ4v) is 5.09. The lowest BCUT2D eigenvalue weighted by Gasteiger charge is -2.62. The Hall–Kier alpha value is -1.19. The Bertz CT molecular complexity index is 390. The number of rotatable bonds is 3. The molecule has 0 saturated heterocycles. The summed E-state index contributed by atoms with van der Waals surface area (Å²) in [7, 11) is 0. The minimum atomic E-state index is -0.820. The van der Waals surface area contributed by atoms with Gasteiger partial charge in [-0.25, -0.2) is 0 Å². The van der Waals surface area contributed by atoms with Crippen LogP contribution in [0, 0.1) is 22.2 Å². The smallest absolute Gasteiger partial charge is 0.309 e. The molecule has 2 atom stereocenters. The first-order chi connectivity index (χ1) is 7.97. The minimum absolute atomic E-state index is 0.234. The normalized spacial score (nSPS) is 51.2. The quantitative estimate of drug-likeness (QED) is 0.752.